The Balaban J connectivity index is 0.918. The van der Waals surface area contributed by atoms with E-state index in [0.29, 0.717) is 12.2 Å². The summed E-state index contributed by atoms with van der Waals surface area (Å²) in [6, 6.07) is 42.8. The number of benzene rings is 5. The maximum atomic E-state index is 15.2. The lowest BCUT2D eigenvalue weighted by Gasteiger charge is -2.45. The van der Waals surface area contributed by atoms with E-state index in [1.165, 1.54) is 24.1 Å². The zero-order valence-electron chi connectivity index (χ0n) is 40.9. The van der Waals surface area contributed by atoms with Crippen LogP contribution in [0.1, 0.15) is 101 Å². The van der Waals surface area contributed by atoms with Crippen molar-refractivity contribution in [3.05, 3.63) is 168 Å². The Hall–Kier alpha value is -5.05. The van der Waals surface area contributed by atoms with Crippen LogP contribution in [0.3, 0.4) is 0 Å². The summed E-state index contributed by atoms with van der Waals surface area (Å²) in [5.74, 6) is 0.0748. The van der Waals surface area contributed by atoms with Gasteiger partial charge < -0.3 is 43.2 Å². The van der Waals surface area contributed by atoms with Crippen LogP contribution in [-0.2, 0) is 64.2 Å². The zero-order chi connectivity index (χ0) is 49.0. The molecule has 2 fully saturated rings. The van der Waals surface area contributed by atoms with Crippen LogP contribution in [0.25, 0.3) is 0 Å². The molecule has 10 nitrogen and oxygen atoms in total. The molecule has 70 heavy (non-hydrogen) atoms. The van der Waals surface area contributed by atoms with E-state index in [4.69, 9.17) is 37.9 Å². The van der Waals surface area contributed by atoms with Gasteiger partial charge in [-0.25, -0.2) is 8.78 Å². The van der Waals surface area contributed by atoms with Gasteiger partial charge in [0.25, 0.3) is 0 Å². The van der Waals surface area contributed by atoms with Gasteiger partial charge in [-0.3, -0.25) is 4.79 Å². The number of aryl methyl sites for hydroxylation is 1. The van der Waals surface area contributed by atoms with Gasteiger partial charge in [0.2, 0.25) is 5.91 Å². The molecule has 376 valence electrons. The Bertz CT molecular complexity index is 2240. The molecule has 8 atom stereocenters. The van der Waals surface area contributed by atoms with E-state index in [1.807, 2.05) is 124 Å². The molecular weight excluding hydrogens is 893 g/mol. The summed E-state index contributed by atoms with van der Waals surface area (Å²) in [7, 11) is 0. The molecule has 0 radical (unpaired) electrons. The van der Waals surface area contributed by atoms with Crippen molar-refractivity contribution < 1.29 is 51.5 Å². The van der Waals surface area contributed by atoms with Crippen LogP contribution in [0, 0.1) is 5.82 Å². The fourth-order valence-electron chi connectivity index (χ4n) is 9.11. The van der Waals surface area contributed by atoms with Crippen LogP contribution in [0.5, 0.6) is 11.5 Å². The Morgan fingerprint density at radius 1 is 0.600 bits per heavy atom. The Morgan fingerprint density at radius 2 is 1.10 bits per heavy atom. The van der Waals surface area contributed by atoms with E-state index >= 15 is 4.39 Å². The molecule has 2 aliphatic heterocycles. The molecule has 2 aliphatic rings. The van der Waals surface area contributed by atoms with Crippen molar-refractivity contribution >= 4 is 5.91 Å². The van der Waals surface area contributed by atoms with E-state index in [2.05, 4.69) is 17.4 Å². The SMILES string of the molecule is C[C@H]1OC(C)(C)O[C@H]1[C@H](CO[C@H]1OC(CF)[C@@H](OCc2ccccc2)[C@H](OCc2ccccc2)C1OCc1ccccc1)NC(=O)CCCCCCCCCCc1ccc(Oc2ccc(F)cc2)cc1. The van der Waals surface area contributed by atoms with E-state index in [1.54, 1.807) is 12.1 Å². The number of nitrogens with one attached hydrogen (secondary N) is 1. The second-order valence-electron chi connectivity index (χ2n) is 18.8. The molecule has 7 rings (SSSR count). The average Bonchev–Trinajstić information content (AvgIpc) is 3.66. The number of carbonyl (C=O) groups excluding carboxylic acids is 1. The van der Waals surface area contributed by atoms with E-state index in [0.717, 1.165) is 73.8 Å². The average molecular weight is 964 g/mol. The van der Waals surface area contributed by atoms with Crippen LogP contribution in [0.4, 0.5) is 8.78 Å². The molecule has 2 unspecified atom stereocenters. The minimum Gasteiger partial charge on any atom is -0.457 e. The van der Waals surface area contributed by atoms with Crippen molar-refractivity contribution in [1.82, 2.24) is 5.32 Å². The number of hydrogen-bond donors (Lipinski definition) is 1. The second kappa shape index (κ2) is 27.5. The highest BCUT2D eigenvalue weighted by molar-refractivity contribution is 5.76. The molecule has 12 heteroatoms. The quantitative estimate of drug-likeness (QED) is 0.0491. The van der Waals surface area contributed by atoms with Gasteiger partial charge >= 0.3 is 0 Å². The fraction of sp³-hybridized carbons (Fsp3) is 0.466. The van der Waals surface area contributed by atoms with Gasteiger partial charge in [0.15, 0.2) is 12.1 Å². The van der Waals surface area contributed by atoms with Crippen LogP contribution in [-0.4, -0.2) is 73.9 Å². The van der Waals surface area contributed by atoms with Gasteiger partial charge in [0.05, 0.1) is 38.6 Å². The molecule has 0 spiro atoms. The highest BCUT2D eigenvalue weighted by atomic mass is 19.1. The number of carbonyl (C=O) groups is 1. The van der Waals surface area contributed by atoms with Crippen LogP contribution >= 0.6 is 0 Å². The number of halogens is 2. The molecule has 1 amide bonds. The molecule has 5 aromatic carbocycles. The Morgan fingerprint density at radius 3 is 1.63 bits per heavy atom. The van der Waals surface area contributed by atoms with Gasteiger partial charge in [0, 0.05) is 6.42 Å². The number of hydrogen-bond acceptors (Lipinski definition) is 9. The van der Waals surface area contributed by atoms with Crippen molar-refractivity contribution in [3.8, 4) is 11.5 Å². The molecule has 0 saturated carbocycles. The summed E-state index contributed by atoms with van der Waals surface area (Å²) >= 11 is 0. The first kappa shape index (κ1) is 52.8. The van der Waals surface area contributed by atoms with Crippen molar-refractivity contribution in [2.24, 2.45) is 0 Å². The lowest BCUT2D eigenvalue weighted by molar-refractivity contribution is -0.326. The minimum atomic E-state index is -1.09. The van der Waals surface area contributed by atoms with Crippen molar-refractivity contribution in [1.29, 1.82) is 0 Å². The minimum absolute atomic E-state index is 0.0206. The monoisotopic (exact) mass is 964 g/mol. The third kappa shape index (κ3) is 16.8. The normalized spacial score (nSPS) is 22.4. The Labute approximate surface area is 413 Å². The molecule has 2 saturated heterocycles. The molecule has 5 aromatic rings. The van der Waals surface area contributed by atoms with E-state index in [9.17, 15) is 9.18 Å². The summed E-state index contributed by atoms with van der Waals surface area (Å²) in [5.41, 5.74) is 4.07. The first-order valence-electron chi connectivity index (χ1n) is 25.1. The molecule has 2 heterocycles. The molecular formula is C58H71F2NO9. The number of ether oxygens (including phenoxy) is 8. The van der Waals surface area contributed by atoms with Crippen molar-refractivity contribution in [2.45, 2.75) is 160 Å². The maximum Gasteiger partial charge on any atom is 0.220 e. The van der Waals surface area contributed by atoms with E-state index in [-0.39, 0.29) is 44.3 Å². The van der Waals surface area contributed by atoms with Gasteiger partial charge in [-0.15, -0.1) is 0 Å². The van der Waals surface area contributed by atoms with Crippen LogP contribution in [0.2, 0.25) is 0 Å². The molecule has 0 aromatic heterocycles. The van der Waals surface area contributed by atoms with Crippen LogP contribution in [0.15, 0.2) is 140 Å². The van der Waals surface area contributed by atoms with Gasteiger partial charge in [-0.1, -0.05) is 142 Å². The number of alkyl halides is 1. The molecule has 0 bridgehead atoms. The second-order valence-corrected chi connectivity index (χ2v) is 18.8. The largest absolute Gasteiger partial charge is 0.457 e. The number of unbranched alkanes of at least 4 members (excludes halogenated alkanes) is 7. The third-order valence-corrected chi connectivity index (χ3v) is 12.7. The zero-order valence-corrected chi connectivity index (χ0v) is 40.9. The highest BCUT2D eigenvalue weighted by Crippen LogP contribution is 2.34. The fourth-order valence-corrected chi connectivity index (χ4v) is 9.11. The van der Waals surface area contributed by atoms with Gasteiger partial charge in [-0.05, 0) is 98.7 Å². The van der Waals surface area contributed by atoms with E-state index < -0.39 is 55.3 Å². The predicted molar refractivity (Wildman–Crippen MR) is 265 cm³/mol. The number of rotatable bonds is 28. The first-order chi connectivity index (χ1) is 34.1. The van der Waals surface area contributed by atoms with Crippen molar-refractivity contribution in [3.63, 3.8) is 0 Å². The standard InChI is InChI=1S/C58H71F2NO9/c1-42-53(70-58(2,3)69-42)50(61-52(62)28-20-9-7-5-4-6-8-13-21-43-29-33-48(34-30-43)67-49-35-31-47(60)32-36-49)41-66-57-56(65-40-46-26-18-12-19-27-46)55(64-39-45-24-16-11-17-25-45)54(51(37-59)68-57)63-38-44-22-14-10-15-23-44/h10-12,14-19,22-27,29-36,42,50-51,53-57H,4-9,13,20-21,28,37-41H2,1-3H3,(H,61,62)/t42-,50+,51?,53-,54-,55+,56?,57+/m1/s1. The Kier molecular flexibility index (Phi) is 20.7. The highest BCUT2D eigenvalue weighted by Gasteiger charge is 2.50. The topological polar surface area (TPSA) is 103 Å². The molecule has 0 aliphatic carbocycles. The van der Waals surface area contributed by atoms with Crippen LogP contribution < -0.4 is 10.1 Å². The maximum absolute atomic E-state index is 15.2. The first-order valence-corrected chi connectivity index (χ1v) is 25.1. The van der Waals surface area contributed by atoms with Crippen molar-refractivity contribution in [2.75, 3.05) is 13.3 Å². The van der Waals surface area contributed by atoms with Gasteiger partial charge in [0.1, 0.15) is 54.5 Å². The molecule has 1 N–H and O–H groups in total. The van der Waals surface area contributed by atoms with Gasteiger partial charge in [-0.2, -0.15) is 0 Å². The smallest absolute Gasteiger partial charge is 0.220 e. The summed E-state index contributed by atoms with van der Waals surface area (Å²) in [6.07, 6.45) is 4.35. The summed E-state index contributed by atoms with van der Waals surface area (Å²) in [5, 5.41) is 3.21. The predicted octanol–water partition coefficient (Wildman–Crippen LogP) is 12.2. The summed E-state index contributed by atoms with van der Waals surface area (Å²) < 4.78 is 79.7. The summed E-state index contributed by atoms with van der Waals surface area (Å²) in [6.45, 7) is 5.41. The third-order valence-electron chi connectivity index (χ3n) is 12.7. The summed E-state index contributed by atoms with van der Waals surface area (Å²) in [4.78, 5) is 13.7. The lowest BCUT2D eigenvalue weighted by Crippen LogP contribution is -2.62. The lowest BCUT2D eigenvalue weighted by atomic mass is 9.98. The number of amides is 1.